The van der Waals surface area contributed by atoms with Crippen molar-refractivity contribution in [1.82, 2.24) is 0 Å². The predicted molar refractivity (Wildman–Crippen MR) is 82.9 cm³/mol. The number of ketones is 1. The molecule has 0 N–H and O–H groups in total. The van der Waals surface area contributed by atoms with Crippen LogP contribution in [0.4, 0.5) is 0 Å². The minimum Gasteiger partial charge on any atom is -0.293 e. The molecule has 2 rings (SSSR count). The quantitative estimate of drug-likeness (QED) is 0.785. The first-order valence-corrected chi connectivity index (χ1v) is 8.06. The number of hydrogen-bond donors (Lipinski definition) is 0. The Balaban J connectivity index is 2.11. The van der Waals surface area contributed by atoms with Crippen molar-refractivity contribution in [1.29, 1.82) is 0 Å². The molecule has 2 aromatic rings. The van der Waals surface area contributed by atoms with E-state index in [1.807, 2.05) is 12.1 Å². The van der Waals surface area contributed by atoms with E-state index >= 15 is 0 Å². The van der Waals surface area contributed by atoms with Crippen molar-refractivity contribution in [2.24, 2.45) is 0 Å². The van der Waals surface area contributed by atoms with E-state index in [2.05, 4.69) is 6.92 Å². The van der Waals surface area contributed by atoms with Gasteiger partial charge in [-0.15, -0.1) is 0 Å². The van der Waals surface area contributed by atoms with E-state index in [1.165, 1.54) is 5.56 Å². The molecule has 0 aliphatic carbocycles. The second kappa shape index (κ2) is 6.82. The molecule has 1 atom stereocenters. The second-order valence-corrected chi connectivity index (χ2v) is 6.22. The number of rotatable bonds is 5. The van der Waals surface area contributed by atoms with Crippen molar-refractivity contribution in [2.45, 2.75) is 18.2 Å². The third kappa shape index (κ3) is 3.56. The maximum atomic E-state index is 12.2. The molecular weight excluding hydrogens is 292 g/mol. The van der Waals surface area contributed by atoms with Crippen molar-refractivity contribution in [2.75, 3.05) is 5.75 Å². The molecule has 4 heteroatoms. The summed E-state index contributed by atoms with van der Waals surface area (Å²) in [5.41, 5.74) is 1.76. The summed E-state index contributed by atoms with van der Waals surface area (Å²) in [4.78, 5) is 12.6. The highest BCUT2D eigenvalue weighted by atomic mass is 35.5. The van der Waals surface area contributed by atoms with Crippen LogP contribution in [0.5, 0.6) is 0 Å². The van der Waals surface area contributed by atoms with Crippen molar-refractivity contribution < 1.29 is 9.00 Å². The minimum absolute atomic E-state index is 0.0464. The molecule has 1 unspecified atom stereocenters. The highest BCUT2D eigenvalue weighted by Crippen LogP contribution is 2.19. The lowest BCUT2D eigenvalue weighted by Crippen LogP contribution is -2.11. The Morgan fingerprint density at radius 3 is 2.35 bits per heavy atom. The number of hydrogen-bond acceptors (Lipinski definition) is 2. The summed E-state index contributed by atoms with van der Waals surface area (Å²) in [6, 6.07) is 14.3. The van der Waals surface area contributed by atoms with Gasteiger partial charge in [-0.05, 0) is 24.1 Å². The summed E-state index contributed by atoms with van der Waals surface area (Å²) in [5, 5.41) is 0.431. The van der Waals surface area contributed by atoms with Crippen LogP contribution in [0.1, 0.15) is 22.8 Å². The number of carbonyl (C=O) groups excluding carboxylic acids is 1. The summed E-state index contributed by atoms with van der Waals surface area (Å²) in [5.74, 6) is -0.180. The van der Waals surface area contributed by atoms with Gasteiger partial charge in [-0.25, -0.2) is 0 Å². The van der Waals surface area contributed by atoms with Crippen LogP contribution in [0, 0.1) is 0 Å². The molecule has 0 aliphatic rings. The van der Waals surface area contributed by atoms with Gasteiger partial charge >= 0.3 is 0 Å². The van der Waals surface area contributed by atoms with E-state index in [0.717, 1.165) is 6.42 Å². The first-order chi connectivity index (χ1) is 9.61. The average molecular weight is 307 g/mol. The molecule has 2 aromatic carbocycles. The Labute approximate surface area is 126 Å². The summed E-state index contributed by atoms with van der Waals surface area (Å²) in [6.07, 6.45) is 0.931. The zero-order valence-corrected chi connectivity index (χ0v) is 12.7. The number of benzene rings is 2. The van der Waals surface area contributed by atoms with E-state index in [-0.39, 0.29) is 11.5 Å². The van der Waals surface area contributed by atoms with Gasteiger partial charge < -0.3 is 0 Å². The first-order valence-electron chi connectivity index (χ1n) is 6.37. The van der Waals surface area contributed by atoms with Crippen molar-refractivity contribution in [3.05, 3.63) is 64.7 Å². The van der Waals surface area contributed by atoms with Gasteiger partial charge in [0, 0.05) is 5.56 Å². The Hall–Kier alpha value is -1.45. The zero-order chi connectivity index (χ0) is 14.5. The molecule has 0 bridgehead atoms. The van der Waals surface area contributed by atoms with Crippen LogP contribution in [0.15, 0.2) is 53.4 Å². The van der Waals surface area contributed by atoms with Gasteiger partial charge in [-0.3, -0.25) is 9.00 Å². The van der Waals surface area contributed by atoms with Gasteiger partial charge in [0.25, 0.3) is 0 Å². The van der Waals surface area contributed by atoms with Gasteiger partial charge in [-0.2, -0.15) is 0 Å². The monoisotopic (exact) mass is 306 g/mol. The summed E-state index contributed by atoms with van der Waals surface area (Å²) >= 11 is 5.98. The normalized spacial score (nSPS) is 12.1. The Morgan fingerprint density at radius 1 is 1.10 bits per heavy atom. The van der Waals surface area contributed by atoms with Gasteiger partial charge in [0.05, 0.1) is 26.5 Å². The molecule has 0 aromatic heterocycles. The largest absolute Gasteiger partial charge is 0.293 e. The summed E-state index contributed by atoms with van der Waals surface area (Å²) in [7, 11) is -1.41. The maximum Gasteiger partial charge on any atom is 0.175 e. The summed E-state index contributed by atoms with van der Waals surface area (Å²) in [6.45, 7) is 2.06. The van der Waals surface area contributed by atoms with Crippen LogP contribution in [0.3, 0.4) is 0 Å². The SMILES string of the molecule is CCc1ccc(C(=O)CS(=O)c2ccccc2Cl)cc1. The fourth-order valence-corrected chi connectivity index (χ4v) is 3.31. The highest BCUT2D eigenvalue weighted by Gasteiger charge is 2.14. The predicted octanol–water partition coefficient (Wildman–Crippen LogP) is 3.89. The molecule has 0 saturated carbocycles. The number of aryl methyl sites for hydroxylation is 1. The van der Waals surface area contributed by atoms with E-state index in [0.29, 0.717) is 15.5 Å². The third-order valence-corrected chi connectivity index (χ3v) is 4.84. The van der Waals surface area contributed by atoms with E-state index < -0.39 is 10.8 Å². The average Bonchev–Trinajstić information content (AvgIpc) is 2.47. The second-order valence-electron chi connectivity index (χ2n) is 4.39. The molecule has 20 heavy (non-hydrogen) atoms. The molecule has 0 heterocycles. The van der Waals surface area contributed by atoms with Crippen LogP contribution in [0.2, 0.25) is 5.02 Å². The van der Waals surface area contributed by atoms with Crippen LogP contribution in [-0.2, 0) is 17.2 Å². The Morgan fingerprint density at radius 2 is 1.75 bits per heavy atom. The number of halogens is 1. The lowest BCUT2D eigenvalue weighted by atomic mass is 10.1. The first kappa shape index (κ1) is 14.9. The molecule has 2 nitrogen and oxygen atoms in total. The molecular formula is C16H15ClO2S. The van der Waals surface area contributed by atoms with Crippen molar-refractivity contribution in [3.8, 4) is 0 Å². The molecule has 0 spiro atoms. The Kier molecular flexibility index (Phi) is 5.10. The molecule has 0 fully saturated rings. The lowest BCUT2D eigenvalue weighted by molar-refractivity contribution is 0.102. The van der Waals surface area contributed by atoms with E-state index in [4.69, 9.17) is 11.6 Å². The van der Waals surface area contributed by atoms with Crippen LogP contribution < -0.4 is 0 Å². The maximum absolute atomic E-state index is 12.2. The minimum atomic E-state index is -1.41. The highest BCUT2D eigenvalue weighted by molar-refractivity contribution is 7.86. The van der Waals surface area contributed by atoms with Gasteiger partial charge in [0.2, 0.25) is 0 Å². The summed E-state index contributed by atoms with van der Waals surface area (Å²) < 4.78 is 12.2. The third-order valence-electron chi connectivity index (χ3n) is 3.03. The van der Waals surface area contributed by atoms with E-state index in [1.54, 1.807) is 36.4 Å². The van der Waals surface area contributed by atoms with Crippen molar-refractivity contribution in [3.63, 3.8) is 0 Å². The molecule has 0 radical (unpaired) electrons. The fourth-order valence-electron chi connectivity index (χ4n) is 1.84. The van der Waals surface area contributed by atoms with Crippen molar-refractivity contribution >= 4 is 28.2 Å². The lowest BCUT2D eigenvalue weighted by Gasteiger charge is -2.05. The fraction of sp³-hybridized carbons (Fsp3) is 0.188. The van der Waals surface area contributed by atoms with Crippen LogP contribution >= 0.6 is 11.6 Å². The zero-order valence-electron chi connectivity index (χ0n) is 11.1. The standard InChI is InChI=1S/C16H15ClO2S/c1-2-12-7-9-13(10-8-12)15(18)11-20(19)16-6-4-3-5-14(16)17/h3-10H,2,11H2,1H3. The van der Waals surface area contributed by atoms with Gasteiger partial charge in [-0.1, -0.05) is 54.9 Å². The number of carbonyl (C=O) groups is 1. The van der Waals surface area contributed by atoms with E-state index in [9.17, 15) is 9.00 Å². The smallest absolute Gasteiger partial charge is 0.175 e. The topological polar surface area (TPSA) is 34.1 Å². The molecule has 0 amide bonds. The van der Waals surface area contributed by atoms with Gasteiger partial charge in [0.15, 0.2) is 5.78 Å². The van der Waals surface area contributed by atoms with Gasteiger partial charge in [0.1, 0.15) is 0 Å². The molecule has 0 aliphatic heterocycles. The van der Waals surface area contributed by atoms with Crippen LogP contribution in [-0.4, -0.2) is 15.7 Å². The van der Waals surface area contributed by atoms with Crippen LogP contribution in [0.25, 0.3) is 0 Å². The molecule has 0 saturated heterocycles. The molecule has 104 valence electrons. The number of Topliss-reactive ketones (excluding diaryl/α,β-unsaturated/α-hetero) is 1. The Bertz CT molecular complexity index is 635.